The summed E-state index contributed by atoms with van der Waals surface area (Å²) in [6, 6.07) is 12.7. The van der Waals surface area contributed by atoms with E-state index in [9.17, 15) is 14.0 Å². The molecule has 2 aromatic carbocycles. The molecular formula is C35H37F2N3O9. The molecule has 1 spiro atoms. The predicted molar refractivity (Wildman–Crippen MR) is 170 cm³/mol. The Morgan fingerprint density at radius 2 is 1.84 bits per heavy atom. The highest BCUT2D eigenvalue weighted by molar-refractivity contribution is 5.59. The number of hydrogen-bond donors (Lipinski definition) is 0. The van der Waals surface area contributed by atoms with Gasteiger partial charge in [0.25, 0.3) is 0 Å². The molecule has 2 bridgehead atoms. The van der Waals surface area contributed by atoms with E-state index >= 15 is 4.39 Å². The summed E-state index contributed by atoms with van der Waals surface area (Å²) in [5, 5.41) is 1.98. The zero-order valence-electron chi connectivity index (χ0n) is 26.9. The van der Waals surface area contributed by atoms with Gasteiger partial charge in [0.15, 0.2) is 17.3 Å². The first-order chi connectivity index (χ1) is 23.9. The first-order valence-electron chi connectivity index (χ1n) is 16.2. The zero-order chi connectivity index (χ0) is 34.0. The molecule has 12 nitrogen and oxygen atoms in total. The van der Waals surface area contributed by atoms with Crippen molar-refractivity contribution in [2.45, 2.75) is 43.2 Å². The summed E-state index contributed by atoms with van der Waals surface area (Å²) in [6.07, 6.45) is 6.22. The van der Waals surface area contributed by atoms with Crippen LogP contribution in [0.5, 0.6) is 11.5 Å². The Hall–Kier alpha value is -4.50. The molecular weight excluding hydrogens is 644 g/mol. The summed E-state index contributed by atoms with van der Waals surface area (Å²) in [7, 11) is 1.55. The van der Waals surface area contributed by atoms with E-state index in [2.05, 4.69) is 11.0 Å². The van der Waals surface area contributed by atoms with E-state index in [-0.39, 0.29) is 38.0 Å². The van der Waals surface area contributed by atoms with Crippen LogP contribution in [0.4, 0.5) is 13.6 Å². The summed E-state index contributed by atoms with van der Waals surface area (Å²) in [6.45, 7) is 0.609. The van der Waals surface area contributed by atoms with E-state index in [1.165, 1.54) is 12.1 Å². The normalized spacial score (nSPS) is 23.7. The Labute approximate surface area is 281 Å². The molecule has 1 saturated heterocycles. The molecule has 4 aliphatic rings. The van der Waals surface area contributed by atoms with E-state index in [1.54, 1.807) is 18.0 Å². The zero-order valence-corrected chi connectivity index (χ0v) is 26.9. The lowest BCUT2D eigenvalue weighted by Crippen LogP contribution is -2.58. The lowest BCUT2D eigenvalue weighted by Gasteiger charge is -2.50. The fraction of sp³-hybridized carbons (Fsp3) is 0.429. The Balaban J connectivity index is 1.27. The number of benzene rings is 2. The number of hydrogen-bond acceptors (Lipinski definition) is 11. The minimum absolute atomic E-state index is 0.0406. The average molecular weight is 682 g/mol. The van der Waals surface area contributed by atoms with Gasteiger partial charge in [-0.3, -0.25) is 14.5 Å². The van der Waals surface area contributed by atoms with Crippen LogP contribution in [0.1, 0.15) is 48.2 Å². The molecule has 3 aliphatic heterocycles. The molecule has 2 fully saturated rings. The Kier molecular flexibility index (Phi) is 9.54. The van der Waals surface area contributed by atoms with Gasteiger partial charge in [0.1, 0.15) is 37.3 Å². The molecule has 1 saturated carbocycles. The Morgan fingerprint density at radius 3 is 2.61 bits per heavy atom. The molecule has 7 rings (SSSR count). The topological polar surface area (TPSA) is 113 Å². The van der Waals surface area contributed by atoms with Gasteiger partial charge in [-0.1, -0.05) is 36.4 Å². The number of nitrogens with zero attached hydrogens (tertiary/aromatic N) is 3. The molecule has 4 heterocycles. The van der Waals surface area contributed by atoms with Crippen LogP contribution in [0.15, 0.2) is 71.7 Å². The summed E-state index contributed by atoms with van der Waals surface area (Å²) < 4.78 is 70.5. The lowest BCUT2D eigenvalue weighted by atomic mass is 9.75. The molecule has 3 unspecified atom stereocenters. The molecule has 0 amide bonds. The van der Waals surface area contributed by atoms with Gasteiger partial charge < -0.3 is 33.2 Å². The third-order valence-electron chi connectivity index (χ3n) is 9.28. The minimum atomic E-state index is -1.09. The van der Waals surface area contributed by atoms with Gasteiger partial charge in [0.05, 0.1) is 26.5 Å². The first-order valence-corrected chi connectivity index (χ1v) is 16.2. The van der Waals surface area contributed by atoms with Gasteiger partial charge in [-0.25, -0.2) is 14.1 Å². The number of methoxy groups -OCH3 is 1. The highest BCUT2D eigenvalue weighted by atomic mass is 19.2. The molecule has 260 valence electrons. The molecule has 49 heavy (non-hydrogen) atoms. The SMILES string of the molecule is COCCOCCOC(=O)OCOc1c2n(ccc1=O)N1CN(C3OC23)C2(/C=C/COc3c(ccc(F)c3F)[C@H]1c1ccccc1)CCC2. The molecule has 0 radical (unpaired) electrons. The largest absolute Gasteiger partial charge is 0.511 e. The van der Waals surface area contributed by atoms with Crippen LogP contribution in [-0.2, 0) is 23.7 Å². The minimum Gasteiger partial charge on any atom is -0.486 e. The van der Waals surface area contributed by atoms with Crippen molar-refractivity contribution in [3.63, 3.8) is 0 Å². The van der Waals surface area contributed by atoms with Gasteiger partial charge >= 0.3 is 6.16 Å². The number of aromatic nitrogens is 1. The summed E-state index contributed by atoms with van der Waals surface area (Å²) in [5.74, 6) is -2.38. The number of ether oxygens (including phenoxy) is 7. The van der Waals surface area contributed by atoms with Gasteiger partial charge in [-0.15, -0.1) is 0 Å². The monoisotopic (exact) mass is 681 g/mol. The molecule has 1 aliphatic carbocycles. The highest BCUT2D eigenvalue weighted by Gasteiger charge is 2.58. The van der Waals surface area contributed by atoms with Crippen LogP contribution in [0.25, 0.3) is 0 Å². The van der Waals surface area contributed by atoms with Crippen LogP contribution >= 0.6 is 0 Å². The number of epoxide rings is 1. The van der Waals surface area contributed by atoms with Gasteiger partial charge in [0, 0.05) is 30.5 Å². The number of fused-ring (bicyclic) bond motifs is 9. The molecule has 0 N–H and O–H groups in total. The number of pyridine rings is 1. The Bertz CT molecular complexity index is 1750. The fourth-order valence-electron chi connectivity index (χ4n) is 6.75. The predicted octanol–water partition coefficient (Wildman–Crippen LogP) is 4.55. The average Bonchev–Trinajstić information content (AvgIpc) is 3.89. The maximum Gasteiger partial charge on any atom is 0.511 e. The van der Waals surface area contributed by atoms with Gasteiger partial charge in [-0.2, -0.15) is 4.39 Å². The second-order valence-corrected chi connectivity index (χ2v) is 12.1. The van der Waals surface area contributed by atoms with Gasteiger partial charge in [-0.05, 0) is 43.0 Å². The van der Waals surface area contributed by atoms with Crippen LogP contribution < -0.4 is 19.9 Å². The lowest BCUT2D eigenvalue weighted by molar-refractivity contribution is -0.0128. The number of halogens is 2. The summed E-state index contributed by atoms with van der Waals surface area (Å²) >= 11 is 0. The fourth-order valence-corrected chi connectivity index (χ4v) is 6.75. The van der Waals surface area contributed by atoms with Crippen molar-refractivity contribution < 1.29 is 46.7 Å². The maximum atomic E-state index is 15.6. The van der Waals surface area contributed by atoms with Gasteiger partial charge in [0.2, 0.25) is 18.0 Å². The Morgan fingerprint density at radius 1 is 1.02 bits per heavy atom. The second kappa shape index (κ2) is 14.2. The summed E-state index contributed by atoms with van der Waals surface area (Å²) in [4.78, 5) is 27.9. The van der Waals surface area contributed by atoms with Crippen LogP contribution in [0.2, 0.25) is 0 Å². The molecule has 3 aromatic rings. The van der Waals surface area contributed by atoms with Crippen molar-refractivity contribution in [1.29, 1.82) is 0 Å². The van der Waals surface area contributed by atoms with Crippen molar-refractivity contribution in [3.05, 3.63) is 106 Å². The molecule has 14 heteroatoms. The van der Waals surface area contributed by atoms with Crippen molar-refractivity contribution in [1.82, 2.24) is 9.58 Å². The quantitative estimate of drug-likeness (QED) is 0.0988. The number of rotatable bonds is 10. The van der Waals surface area contributed by atoms with E-state index in [4.69, 9.17) is 33.2 Å². The standard InChI is InChI=1S/C35H37F2N3O9/c1-43-17-18-44-19-20-46-34(42)48-22-47-31-26(41)11-15-39-29(31)32-33(49-32)38-21-40(39)28(23-7-3-2-4-8-23)24-9-10-25(36)27(37)30(24)45-16-6-14-35(38)12-5-13-35/h2-4,6-11,14-15,28,32-33H,5,12-13,16-22H2,1H3/b14-6+/t28-,32?,33?/m1/s1. The van der Waals surface area contributed by atoms with E-state index < -0.39 is 53.9 Å². The van der Waals surface area contributed by atoms with Crippen molar-refractivity contribution in [2.75, 3.05) is 58.6 Å². The van der Waals surface area contributed by atoms with Crippen LogP contribution in [-0.4, -0.2) is 81.1 Å². The van der Waals surface area contributed by atoms with Crippen molar-refractivity contribution >= 4 is 6.16 Å². The smallest absolute Gasteiger partial charge is 0.486 e. The third kappa shape index (κ3) is 6.48. The highest BCUT2D eigenvalue weighted by Crippen LogP contribution is 2.53. The molecule has 4 atom stereocenters. The van der Waals surface area contributed by atoms with Crippen LogP contribution in [0.3, 0.4) is 0 Å². The number of carbonyl (C=O) groups is 1. The second-order valence-electron chi connectivity index (χ2n) is 12.1. The summed E-state index contributed by atoms with van der Waals surface area (Å²) in [5.41, 5.74) is 0.708. The first kappa shape index (κ1) is 33.0. The van der Waals surface area contributed by atoms with E-state index in [0.717, 1.165) is 30.9 Å². The van der Waals surface area contributed by atoms with E-state index in [1.807, 2.05) is 41.4 Å². The molecule has 1 aromatic heterocycles. The van der Waals surface area contributed by atoms with E-state index in [0.29, 0.717) is 24.5 Å². The third-order valence-corrected chi connectivity index (χ3v) is 9.28. The van der Waals surface area contributed by atoms with Crippen LogP contribution in [0, 0.1) is 11.6 Å². The number of carbonyl (C=O) groups excluding carboxylic acids is 1. The maximum absolute atomic E-state index is 15.6. The van der Waals surface area contributed by atoms with Crippen molar-refractivity contribution in [2.24, 2.45) is 0 Å². The van der Waals surface area contributed by atoms with Crippen molar-refractivity contribution in [3.8, 4) is 11.5 Å².